The lowest BCUT2D eigenvalue weighted by atomic mass is 10.1. The van der Waals surface area contributed by atoms with Crippen LogP contribution in [0.25, 0.3) is 0 Å². The summed E-state index contributed by atoms with van der Waals surface area (Å²) < 4.78 is 10.6. The van der Waals surface area contributed by atoms with Gasteiger partial charge in [0.1, 0.15) is 11.5 Å². The minimum Gasteiger partial charge on any atom is -0.497 e. The van der Waals surface area contributed by atoms with Crippen molar-refractivity contribution in [1.29, 1.82) is 0 Å². The molecule has 19 heavy (non-hydrogen) atoms. The fourth-order valence-electron chi connectivity index (χ4n) is 2.11. The van der Waals surface area contributed by atoms with E-state index in [4.69, 9.17) is 9.47 Å². The fourth-order valence-corrected chi connectivity index (χ4v) is 2.11. The molecule has 0 aliphatic carbocycles. The van der Waals surface area contributed by atoms with Crippen LogP contribution < -0.4 is 14.8 Å². The summed E-state index contributed by atoms with van der Waals surface area (Å²) in [5.41, 5.74) is 1.14. The molecule has 0 unspecified atom stereocenters. The highest BCUT2D eigenvalue weighted by atomic mass is 16.5. The molecule has 0 aliphatic rings. The van der Waals surface area contributed by atoms with E-state index >= 15 is 0 Å². The van der Waals surface area contributed by atoms with Gasteiger partial charge in [-0.3, -0.25) is 0 Å². The largest absolute Gasteiger partial charge is 0.497 e. The highest BCUT2D eigenvalue weighted by molar-refractivity contribution is 5.40. The SMILES string of the molecule is CCCCC[C@@H](C)NCc1cc(OC)ccc1OC. The van der Waals surface area contributed by atoms with Gasteiger partial charge in [-0.2, -0.15) is 0 Å². The maximum Gasteiger partial charge on any atom is 0.123 e. The second kappa shape index (κ2) is 8.81. The zero-order valence-electron chi connectivity index (χ0n) is 12.7. The second-order valence-electron chi connectivity index (χ2n) is 4.96. The van der Waals surface area contributed by atoms with Gasteiger partial charge in [0, 0.05) is 18.2 Å². The Morgan fingerprint density at radius 3 is 2.58 bits per heavy atom. The van der Waals surface area contributed by atoms with Gasteiger partial charge in [-0.25, -0.2) is 0 Å². The molecular weight excluding hydrogens is 238 g/mol. The summed E-state index contributed by atoms with van der Waals surface area (Å²) in [7, 11) is 3.39. The van der Waals surface area contributed by atoms with E-state index in [1.807, 2.05) is 18.2 Å². The van der Waals surface area contributed by atoms with Crippen molar-refractivity contribution in [2.45, 2.75) is 52.1 Å². The highest BCUT2D eigenvalue weighted by Gasteiger charge is 2.07. The molecule has 3 heteroatoms. The lowest BCUT2D eigenvalue weighted by molar-refractivity contribution is 0.394. The van der Waals surface area contributed by atoms with Crippen molar-refractivity contribution in [1.82, 2.24) is 5.32 Å². The van der Waals surface area contributed by atoms with Gasteiger partial charge >= 0.3 is 0 Å². The predicted octanol–water partition coefficient (Wildman–Crippen LogP) is 3.76. The molecule has 108 valence electrons. The molecule has 1 atom stereocenters. The lowest BCUT2D eigenvalue weighted by Crippen LogP contribution is -2.25. The number of benzene rings is 1. The Morgan fingerprint density at radius 1 is 1.16 bits per heavy atom. The monoisotopic (exact) mass is 265 g/mol. The number of hydrogen-bond donors (Lipinski definition) is 1. The molecule has 1 aromatic rings. The van der Waals surface area contributed by atoms with Crippen LogP contribution in [0.1, 0.15) is 45.1 Å². The Balaban J connectivity index is 2.51. The van der Waals surface area contributed by atoms with Crippen LogP contribution in [0.15, 0.2) is 18.2 Å². The van der Waals surface area contributed by atoms with E-state index in [0.717, 1.165) is 23.6 Å². The van der Waals surface area contributed by atoms with E-state index < -0.39 is 0 Å². The van der Waals surface area contributed by atoms with E-state index in [-0.39, 0.29) is 0 Å². The Bertz CT molecular complexity index is 366. The molecule has 1 N–H and O–H groups in total. The number of ether oxygens (including phenoxy) is 2. The lowest BCUT2D eigenvalue weighted by Gasteiger charge is -2.16. The molecule has 0 bridgehead atoms. The number of rotatable bonds is 9. The molecule has 0 radical (unpaired) electrons. The average Bonchev–Trinajstić information content (AvgIpc) is 2.45. The molecule has 0 saturated heterocycles. The van der Waals surface area contributed by atoms with E-state index in [2.05, 4.69) is 19.2 Å². The van der Waals surface area contributed by atoms with E-state index in [1.54, 1.807) is 14.2 Å². The van der Waals surface area contributed by atoms with Crippen LogP contribution in [0.5, 0.6) is 11.5 Å². The molecule has 0 saturated carbocycles. The van der Waals surface area contributed by atoms with Crippen LogP contribution in [0.3, 0.4) is 0 Å². The summed E-state index contributed by atoms with van der Waals surface area (Å²) in [4.78, 5) is 0. The van der Waals surface area contributed by atoms with Crippen molar-refractivity contribution < 1.29 is 9.47 Å². The van der Waals surface area contributed by atoms with E-state index in [1.165, 1.54) is 25.7 Å². The van der Waals surface area contributed by atoms with Crippen LogP contribution in [0.4, 0.5) is 0 Å². The van der Waals surface area contributed by atoms with Crippen LogP contribution in [0.2, 0.25) is 0 Å². The summed E-state index contributed by atoms with van der Waals surface area (Å²) in [5.74, 6) is 1.78. The van der Waals surface area contributed by atoms with Gasteiger partial charge in [-0.1, -0.05) is 26.2 Å². The van der Waals surface area contributed by atoms with Gasteiger partial charge < -0.3 is 14.8 Å². The van der Waals surface area contributed by atoms with Gasteiger partial charge in [0.25, 0.3) is 0 Å². The second-order valence-corrected chi connectivity index (χ2v) is 4.96. The van der Waals surface area contributed by atoms with Gasteiger partial charge in [-0.05, 0) is 31.5 Å². The first-order valence-electron chi connectivity index (χ1n) is 7.15. The van der Waals surface area contributed by atoms with Crippen molar-refractivity contribution >= 4 is 0 Å². The van der Waals surface area contributed by atoms with E-state index in [9.17, 15) is 0 Å². The van der Waals surface area contributed by atoms with E-state index in [0.29, 0.717) is 6.04 Å². The Labute approximate surface area is 117 Å². The maximum absolute atomic E-state index is 5.38. The molecule has 0 spiro atoms. The molecule has 0 heterocycles. The smallest absolute Gasteiger partial charge is 0.123 e. The number of hydrogen-bond acceptors (Lipinski definition) is 3. The first-order chi connectivity index (χ1) is 9.21. The van der Waals surface area contributed by atoms with Crippen molar-refractivity contribution in [2.75, 3.05) is 14.2 Å². The number of nitrogens with one attached hydrogen (secondary N) is 1. The highest BCUT2D eigenvalue weighted by Crippen LogP contribution is 2.23. The average molecular weight is 265 g/mol. The summed E-state index contributed by atoms with van der Waals surface area (Å²) in [6.45, 7) is 5.29. The molecule has 0 amide bonds. The van der Waals surface area contributed by atoms with Crippen molar-refractivity contribution in [2.24, 2.45) is 0 Å². The van der Waals surface area contributed by atoms with Crippen molar-refractivity contribution in [3.05, 3.63) is 23.8 Å². The third-order valence-corrected chi connectivity index (χ3v) is 3.37. The van der Waals surface area contributed by atoms with Gasteiger partial charge in [0.05, 0.1) is 14.2 Å². The Kier molecular flexibility index (Phi) is 7.34. The predicted molar refractivity (Wildman–Crippen MR) is 80.0 cm³/mol. The minimum absolute atomic E-state index is 0.530. The molecule has 0 aliphatic heterocycles. The zero-order chi connectivity index (χ0) is 14.1. The molecule has 0 fully saturated rings. The number of unbranched alkanes of at least 4 members (excludes halogenated alkanes) is 2. The fraction of sp³-hybridized carbons (Fsp3) is 0.625. The number of methoxy groups -OCH3 is 2. The van der Waals surface area contributed by atoms with Crippen LogP contribution >= 0.6 is 0 Å². The summed E-state index contributed by atoms with van der Waals surface area (Å²) >= 11 is 0. The van der Waals surface area contributed by atoms with Crippen LogP contribution in [-0.2, 0) is 6.54 Å². The summed E-state index contributed by atoms with van der Waals surface area (Å²) in [6.07, 6.45) is 5.10. The van der Waals surface area contributed by atoms with Crippen LogP contribution in [-0.4, -0.2) is 20.3 Å². The summed E-state index contributed by atoms with van der Waals surface area (Å²) in [6, 6.07) is 6.44. The van der Waals surface area contributed by atoms with Crippen molar-refractivity contribution in [3.63, 3.8) is 0 Å². The molecule has 1 rings (SSSR count). The normalized spacial score (nSPS) is 12.2. The standard InChI is InChI=1S/C16H27NO2/c1-5-6-7-8-13(2)17-12-14-11-15(18-3)9-10-16(14)19-4/h9-11,13,17H,5-8,12H2,1-4H3/t13-/m1/s1. The zero-order valence-corrected chi connectivity index (χ0v) is 12.7. The van der Waals surface area contributed by atoms with Gasteiger partial charge in [0.15, 0.2) is 0 Å². The van der Waals surface area contributed by atoms with Crippen LogP contribution in [0, 0.1) is 0 Å². The molecular formula is C16H27NO2. The third kappa shape index (κ3) is 5.52. The molecule has 1 aromatic carbocycles. The Morgan fingerprint density at radius 2 is 1.95 bits per heavy atom. The molecule has 3 nitrogen and oxygen atoms in total. The first kappa shape index (κ1) is 15.8. The Hall–Kier alpha value is -1.22. The van der Waals surface area contributed by atoms with Gasteiger partial charge in [0.2, 0.25) is 0 Å². The quantitative estimate of drug-likeness (QED) is 0.690. The van der Waals surface area contributed by atoms with Crippen molar-refractivity contribution in [3.8, 4) is 11.5 Å². The third-order valence-electron chi connectivity index (χ3n) is 3.37. The maximum atomic E-state index is 5.38. The minimum atomic E-state index is 0.530. The molecule has 0 aromatic heterocycles. The summed E-state index contributed by atoms with van der Waals surface area (Å²) in [5, 5.41) is 3.55. The van der Waals surface area contributed by atoms with Gasteiger partial charge in [-0.15, -0.1) is 0 Å². The first-order valence-corrected chi connectivity index (χ1v) is 7.15. The topological polar surface area (TPSA) is 30.5 Å².